The van der Waals surface area contributed by atoms with Gasteiger partial charge in [-0.1, -0.05) is 19.9 Å². The normalized spacial score (nSPS) is 15.4. The minimum Gasteiger partial charge on any atom is -0.490 e. The van der Waals surface area contributed by atoms with Crippen LogP contribution < -0.4 is 14.2 Å². The van der Waals surface area contributed by atoms with E-state index in [9.17, 15) is 17.2 Å². The Hall–Kier alpha value is -2.19. The molecule has 2 aromatic carbocycles. The van der Waals surface area contributed by atoms with Crippen molar-refractivity contribution in [3.8, 4) is 11.5 Å². The fraction of sp³-hybridized carbons (Fsp3) is 0.368. The lowest BCUT2D eigenvalue weighted by Gasteiger charge is -2.23. The Morgan fingerprint density at radius 3 is 2.22 bits per heavy atom. The second-order valence-corrected chi connectivity index (χ2v) is 8.42. The van der Waals surface area contributed by atoms with Gasteiger partial charge in [-0.2, -0.15) is 0 Å². The highest BCUT2D eigenvalue weighted by molar-refractivity contribution is 7.89. The van der Waals surface area contributed by atoms with Crippen LogP contribution in [-0.4, -0.2) is 21.6 Å². The zero-order chi connectivity index (χ0) is 19.6. The standard InChI is InChI=1S/C19H21F2NO4S/c1-12(2)19(13-4-5-17-18(8-13)26-7-3-6-25-17)22-27(23,24)16-10-14(20)9-15(21)11-16/h4-5,8-12,19,22H,3,6-7H2,1-2H3. The SMILES string of the molecule is CC(C)C(NS(=O)(=O)c1cc(F)cc(F)c1)c1ccc2c(c1)OCCCO2. The molecule has 1 N–H and O–H groups in total. The minimum atomic E-state index is -4.13. The van der Waals surface area contributed by atoms with E-state index in [0.717, 1.165) is 18.6 Å². The van der Waals surface area contributed by atoms with Gasteiger partial charge < -0.3 is 9.47 Å². The van der Waals surface area contributed by atoms with Crippen molar-refractivity contribution in [2.45, 2.75) is 31.2 Å². The number of halogens is 2. The Balaban J connectivity index is 1.93. The first-order chi connectivity index (χ1) is 12.8. The lowest BCUT2D eigenvalue weighted by molar-refractivity contribution is 0.297. The molecule has 1 heterocycles. The maximum absolute atomic E-state index is 13.4. The van der Waals surface area contributed by atoms with Gasteiger partial charge in [0.2, 0.25) is 10.0 Å². The second-order valence-electron chi connectivity index (χ2n) is 6.70. The average molecular weight is 397 g/mol. The molecule has 3 rings (SSSR count). The number of benzene rings is 2. The van der Waals surface area contributed by atoms with Crippen LogP contribution in [0.5, 0.6) is 11.5 Å². The molecule has 146 valence electrons. The van der Waals surface area contributed by atoms with Crippen molar-refractivity contribution in [3.63, 3.8) is 0 Å². The first-order valence-corrected chi connectivity index (χ1v) is 10.1. The van der Waals surface area contributed by atoms with Gasteiger partial charge in [-0.05, 0) is 35.7 Å². The average Bonchev–Trinajstić information content (AvgIpc) is 2.83. The summed E-state index contributed by atoms with van der Waals surface area (Å²) in [6, 6.07) is 6.82. The molecule has 0 fully saturated rings. The van der Waals surface area contributed by atoms with E-state index in [-0.39, 0.29) is 5.92 Å². The Labute approximate surface area is 157 Å². The van der Waals surface area contributed by atoms with Crippen LogP contribution in [0.2, 0.25) is 0 Å². The molecule has 0 amide bonds. The second kappa shape index (κ2) is 7.82. The maximum atomic E-state index is 13.4. The molecule has 0 aliphatic carbocycles. The van der Waals surface area contributed by atoms with E-state index in [1.165, 1.54) is 0 Å². The molecule has 27 heavy (non-hydrogen) atoms. The molecular formula is C19H21F2NO4S. The van der Waals surface area contributed by atoms with Gasteiger partial charge in [0, 0.05) is 18.5 Å². The molecule has 0 spiro atoms. The quantitative estimate of drug-likeness (QED) is 0.834. The molecule has 1 atom stereocenters. The zero-order valence-corrected chi connectivity index (χ0v) is 15.9. The summed E-state index contributed by atoms with van der Waals surface area (Å²) in [6.45, 7) is 4.76. The third-order valence-electron chi connectivity index (χ3n) is 4.23. The van der Waals surface area contributed by atoms with Crippen LogP contribution in [0.15, 0.2) is 41.3 Å². The molecular weight excluding hydrogens is 376 g/mol. The van der Waals surface area contributed by atoms with Crippen molar-refractivity contribution in [3.05, 3.63) is 53.6 Å². The predicted octanol–water partition coefficient (Wildman–Crippen LogP) is 3.80. The monoisotopic (exact) mass is 397 g/mol. The van der Waals surface area contributed by atoms with Crippen LogP contribution in [0, 0.1) is 17.6 Å². The molecule has 8 heteroatoms. The van der Waals surface area contributed by atoms with Gasteiger partial charge in [0.05, 0.1) is 18.1 Å². The Bertz CT molecular complexity index is 911. The summed E-state index contributed by atoms with van der Waals surface area (Å²) in [4.78, 5) is -0.458. The van der Waals surface area contributed by atoms with Gasteiger partial charge >= 0.3 is 0 Å². The summed E-state index contributed by atoms with van der Waals surface area (Å²) >= 11 is 0. The van der Waals surface area contributed by atoms with E-state index >= 15 is 0 Å². The van der Waals surface area contributed by atoms with Crippen LogP contribution in [0.25, 0.3) is 0 Å². The van der Waals surface area contributed by atoms with E-state index in [1.807, 2.05) is 13.8 Å². The number of sulfonamides is 1. The van der Waals surface area contributed by atoms with E-state index < -0.39 is 32.6 Å². The highest BCUT2D eigenvalue weighted by Gasteiger charge is 2.26. The molecule has 0 radical (unpaired) electrons. The molecule has 0 bridgehead atoms. The van der Waals surface area contributed by atoms with Gasteiger partial charge in [-0.3, -0.25) is 0 Å². The van der Waals surface area contributed by atoms with Gasteiger partial charge in [-0.25, -0.2) is 21.9 Å². The van der Waals surface area contributed by atoms with Crippen molar-refractivity contribution < 1.29 is 26.7 Å². The fourth-order valence-electron chi connectivity index (χ4n) is 2.88. The summed E-state index contributed by atoms with van der Waals surface area (Å²) in [5, 5.41) is 0. The fourth-order valence-corrected chi connectivity index (χ4v) is 4.30. The minimum absolute atomic E-state index is 0.122. The van der Waals surface area contributed by atoms with Crippen molar-refractivity contribution in [1.82, 2.24) is 4.72 Å². The van der Waals surface area contributed by atoms with Gasteiger partial charge in [0.15, 0.2) is 11.5 Å². The Kier molecular flexibility index (Phi) is 5.67. The molecule has 1 unspecified atom stereocenters. The molecule has 1 aliphatic rings. The van der Waals surface area contributed by atoms with Crippen LogP contribution in [0.1, 0.15) is 31.9 Å². The molecule has 0 aromatic heterocycles. The molecule has 5 nitrogen and oxygen atoms in total. The summed E-state index contributed by atoms with van der Waals surface area (Å²) in [7, 11) is -4.13. The van der Waals surface area contributed by atoms with Gasteiger partial charge in [0.1, 0.15) is 11.6 Å². The first-order valence-electron chi connectivity index (χ1n) is 8.64. The van der Waals surface area contributed by atoms with Crippen LogP contribution in [0.3, 0.4) is 0 Å². The molecule has 2 aromatic rings. The third kappa shape index (κ3) is 4.56. The topological polar surface area (TPSA) is 64.6 Å². The number of nitrogens with one attached hydrogen (secondary N) is 1. The lowest BCUT2D eigenvalue weighted by atomic mass is 9.97. The van der Waals surface area contributed by atoms with Crippen molar-refractivity contribution in [1.29, 1.82) is 0 Å². The van der Waals surface area contributed by atoms with Crippen molar-refractivity contribution in [2.75, 3.05) is 13.2 Å². The lowest BCUT2D eigenvalue weighted by Crippen LogP contribution is -2.32. The highest BCUT2D eigenvalue weighted by Crippen LogP contribution is 2.34. The van der Waals surface area contributed by atoms with Crippen molar-refractivity contribution >= 4 is 10.0 Å². The summed E-state index contributed by atoms with van der Waals surface area (Å²) in [5.74, 6) is -0.873. The predicted molar refractivity (Wildman–Crippen MR) is 96.3 cm³/mol. The zero-order valence-electron chi connectivity index (χ0n) is 15.0. The first kappa shape index (κ1) is 19.6. The summed E-state index contributed by atoms with van der Waals surface area (Å²) in [6.07, 6.45) is 0.759. The van der Waals surface area contributed by atoms with Crippen LogP contribution in [-0.2, 0) is 10.0 Å². The van der Waals surface area contributed by atoms with Crippen LogP contribution >= 0.6 is 0 Å². The number of rotatable bonds is 5. The maximum Gasteiger partial charge on any atom is 0.241 e. The number of hydrogen-bond donors (Lipinski definition) is 1. The van der Waals surface area contributed by atoms with Crippen LogP contribution in [0.4, 0.5) is 8.78 Å². The molecule has 0 saturated heterocycles. The number of ether oxygens (including phenoxy) is 2. The Morgan fingerprint density at radius 2 is 1.59 bits per heavy atom. The summed E-state index contributed by atoms with van der Waals surface area (Å²) < 4.78 is 66.0. The Morgan fingerprint density at radius 1 is 0.963 bits per heavy atom. The van der Waals surface area contributed by atoms with Gasteiger partial charge in [0.25, 0.3) is 0 Å². The number of hydrogen-bond acceptors (Lipinski definition) is 4. The smallest absolute Gasteiger partial charge is 0.241 e. The highest BCUT2D eigenvalue weighted by atomic mass is 32.2. The number of fused-ring (bicyclic) bond motifs is 1. The third-order valence-corrected chi connectivity index (χ3v) is 5.65. The van der Waals surface area contributed by atoms with E-state index in [2.05, 4.69) is 4.72 Å². The van der Waals surface area contributed by atoms with Gasteiger partial charge in [-0.15, -0.1) is 0 Å². The van der Waals surface area contributed by atoms with Crippen molar-refractivity contribution in [2.24, 2.45) is 5.92 Å². The largest absolute Gasteiger partial charge is 0.490 e. The van der Waals surface area contributed by atoms with E-state index in [0.29, 0.717) is 36.3 Å². The van der Waals surface area contributed by atoms with E-state index in [1.54, 1.807) is 18.2 Å². The molecule has 0 saturated carbocycles. The molecule has 1 aliphatic heterocycles. The summed E-state index contributed by atoms with van der Waals surface area (Å²) in [5.41, 5.74) is 0.676. The van der Waals surface area contributed by atoms with E-state index in [4.69, 9.17) is 9.47 Å².